The predicted octanol–water partition coefficient (Wildman–Crippen LogP) is 3.17. The first-order chi connectivity index (χ1) is 5.09. The normalized spacial score (nSPS) is 10.5. The van der Waals surface area contributed by atoms with Crippen LogP contribution in [0.2, 0.25) is 5.02 Å². The molecule has 0 saturated carbocycles. The first kappa shape index (κ1) is 8.41. The maximum Gasteiger partial charge on any atom is 0.117 e. The zero-order valence-electron chi connectivity index (χ0n) is 6.63. The molecule has 0 fully saturated rings. The number of hydrogen-bond donors (Lipinski definition) is 1. The molecule has 0 aromatic heterocycles. The standard InChI is InChI=1S/C9H11ClO/c1-6(2)7-3-8(10)5-9(11)4-7/h3-6,11H,1-2H3. The maximum absolute atomic E-state index is 9.16. The van der Waals surface area contributed by atoms with Crippen molar-refractivity contribution in [1.82, 2.24) is 0 Å². The highest BCUT2D eigenvalue weighted by Crippen LogP contribution is 2.24. The van der Waals surface area contributed by atoms with Crippen LogP contribution in [0.1, 0.15) is 25.3 Å². The van der Waals surface area contributed by atoms with E-state index in [2.05, 4.69) is 13.8 Å². The molecule has 1 aromatic rings. The minimum atomic E-state index is 0.237. The van der Waals surface area contributed by atoms with Crippen molar-refractivity contribution in [2.24, 2.45) is 0 Å². The first-order valence-corrected chi connectivity index (χ1v) is 3.97. The largest absolute Gasteiger partial charge is 0.508 e. The van der Waals surface area contributed by atoms with Crippen LogP contribution < -0.4 is 0 Å². The van der Waals surface area contributed by atoms with Crippen LogP contribution in [0.3, 0.4) is 0 Å². The second-order valence-corrected chi connectivity index (χ2v) is 3.33. The van der Waals surface area contributed by atoms with E-state index in [9.17, 15) is 0 Å². The Kier molecular flexibility index (Phi) is 2.40. The molecule has 2 heteroatoms. The lowest BCUT2D eigenvalue weighted by Gasteiger charge is -2.05. The fraction of sp³-hybridized carbons (Fsp3) is 0.333. The second kappa shape index (κ2) is 3.14. The van der Waals surface area contributed by atoms with E-state index in [1.807, 2.05) is 6.07 Å². The summed E-state index contributed by atoms with van der Waals surface area (Å²) in [6.45, 7) is 4.12. The van der Waals surface area contributed by atoms with Gasteiger partial charge in [-0.15, -0.1) is 0 Å². The summed E-state index contributed by atoms with van der Waals surface area (Å²) in [4.78, 5) is 0. The highest BCUT2D eigenvalue weighted by molar-refractivity contribution is 6.30. The average molecular weight is 171 g/mol. The predicted molar refractivity (Wildman–Crippen MR) is 47.2 cm³/mol. The summed E-state index contributed by atoms with van der Waals surface area (Å²) in [5.74, 6) is 0.640. The SMILES string of the molecule is CC(C)c1cc(O)cc(Cl)c1. The van der Waals surface area contributed by atoms with Gasteiger partial charge in [0.05, 0.1) is 0 Å². The highest BCUT2D eigenvalue weighted by Gasteiger charge is 2.01. The Morgan fingerprint density at radius 1 is 1.27 bits per heavy atom. The van der Waals surface area contributed by atoms with Crippen LogP contribution in [0, 0.1) is 0 Å². The van der Waals surface area contributed by atoms with Gasteiger partial charge in [-0.05, 0) is 29.7 Å². The van der Waals surface area contributed by atoms with E-state index in [1.165, 1.54) is 6.07 Å². The van der Waals surface area contributed by atoms with Gasteiger partial charge in [0.15, 0.2) is 0 Å². The summed E-state index contributed by atoms with van der Waals surface area (Å²) < 4.78 is 0. The number of rotatable bonds is 1. The van der Waals surface area contributed by atoms with Crippen molar-refractivity contribution >= 4 is 11.6 Å². The number of hydrogen-bond acceptors (Lipinski definition) is 1. The Labute approximate surface area is 71.6 Å². The lowest BCUT2D eigenvalue weighted by Crippen LogP contribution is -1.85. The second-order valence-electron chi connectivity index (χ2n) is 2.90. The summed E-state index contributed by atoms with van der Waals surface area (Å²) >= 11 is 5.73. The molecule has 1 nitrogen and oxygen atoms in total. The van der Waals surface area contributed by atoms with Gasteiger partial charge < -0.3 is 5.11 Å². The molecule has 0 aliphatic carbocycles. The monoisotopic (exact) mass is 170 g/mol. The van der Waals surface area contributed by atoms with Crippen LogP contribution in [-0.4, -0.2) is 5.11 Å². The number of phenols is 1. The molecule has 11 heavy (non-hydrogen) atoms. The van der Waals surface area contributed by atoms with E-state index in [0.717, 1.165) is 5.56 Å². The van der Waals surface area contributed by atoms with Gasteiger partial charge in [0, 0.05) is 5.02 Å². The summed E-state index contributed by atoms with van der Waals surface area (Å²) in [5, 5.41) is 9.75. The molecule has 0 unspecified atom stereocenters. The molecule has 1 rings (SSSR count). The van der Waals surface area contributed by atoms with Gasteiger partial charge in [-0.25, -0.2) is 0 Å². The van der Waals surface area contributed by atoms with E-state index in [-0.39, 0.29) is 5.75 Å². The minimum Gasteiger partial charge on any atom is -0.508 e. The summed E-state index contributed by atoms with van der Waals surface area (Å²) in [6.07, 6.45) is 0. The third kappa shape index (κ3) is 2.12. The lowest BCUT2D eigenvalue weighted by atomic mass is 10.0. The molecule has 0 radical (unpaired) electrons. The van der Waals surface area contributed by atoms with Crippen molar-refractivity contribution < 1.29 is 5.11 Å². The van der Waals surface area contributed by atoms with Crippen molar-refractivity contribution in [2.45, 2.75) is 19.8 Å². The molecule has 0 aliphatic heterocycles. The van der Waals surface area contributed by atoms with Crippen molar-refractivity contribution in [3.05, 3.63) is 28.8 Å². The average Bonchev–Trinajstić information content (AvgIpc) is 1.85. The zero-order chi connectivity index (χ0) is 8.43. The Hall–Kier alpha value is -0.690. The third-order valence-electron chi connectivity index (χ3n) is 1.57. The quantitative estimate of drug-likeness (QED) is 0.687. The van der Waals surface area contributed by atoms with Crippen LogP contribution >= 0.6 is 11.6 Å². The van der Waals surface area contributed by atoms with Gasteiger partial charge >= 0.3 is 0 Å². The molecule has 60 valence electrons. The molecule has 1 aromatic carbocycles. The van der Waals surface area contributed by atoms with Crippen molar-refractivity contribution in [1.29, 1.82) is 0 Å². The fourth-order valence-corrected chi connectivity index (χ4v) is 1.17. The van der Waals surface area contributed by atoms with Gasteiger partial charge in [-0.2, -0.15) is 0 Å². The third-order valence-corrected chi connectivity index (χ3v) is 1.79. The Bertz CT molecular complexity index is 235. The van der Waals surface area contributed by atoms with Gasteiger partial charge in [0.25, 0.3) is 0 Å². The van der Waals surface area contributed by atoms with Gasteiger partial charge in [-0.1, -0.05) is 25.4 Å². The molecule has 0 aliphatic rings. The summed E-state index contributed by atoms with van der Waals surface area (Å²) in [5.41, 5.74) is 1.06. The van der Waals surface area contributed by atoms with Crippen LogP contribution in [0.25, 0.3) is 0 Å². The molecular formula is C9H11ClO. The lowest BCUT2D eigenvalue weighted by molar-refractivity contribution is 0.474. The Morgan fingerprint density at radius 2 is 1.91 bits per heavy atom. The fourth-order valence-electron chi connectivity index (χ4n) is 0.930. The molecular weight excluding hydrogens is 160 g/mol. The van der Waals surface area contributed by atoms with E-state index < -0.39 is 0 Å². The molecule has 0 amide bonds. The Morgan fingerprint density at radius 3 is 2.36 bits per heavy atom. The molecule has 1 N–H and O–H groups in total. The first-order valence-electron chi connectivity index (χ1n) is 3.59. The summed E-state index contributed by atoms with van der Waals surface area (Å²) in [7, 11) is 0. The van der Waals surface area contributed by atoms with E-state index in [4.69, 9.17) is 16.7 Å². The van der Waals surface area contributed by atoms with E-state index >= 15 is 0 Å². The maximum atomic E-state index is 9.16. The summed E-state index contributed by atoms with van der Waals surface area (Å²) in [6, 6.07) is 5.13. The van der Waals surface area contributed by atoms with E-state index in [0.29, 0.717) is 10.9 Å². The number of phenolic OH excluding ortho intramolecular Hbond substituents is 1. The van der Waals surface area contributed by atoms with Gasteiger partial charge in [0.2, 0.25) is 0 Å². The molecule has 0 bridgehead atoms. The number of benzene rings is 1. The topological polar surface area (TPSA) is 20.2 Å². The van der Waals surface area contributed by atoms with Gasteiger partial charge in [-0.3, -0.25) is 0 Å². The molecule has 0 atom stereocenters. The molecule has 0 spiro atoms. The van der Waals surface area contributed by atoms with E-state index in [1.54, 1.807) is 6.07 Å². The number of aromatic hydroxyl groups is 1. The van der Waals surface area contributed by atoms with Crippen LogP contribution in [0.4, 0.5) is 0 Å². The van der Waals surface area contributed by atoms with Crippen molar-refractivity contribution in [3.8, 4) is 5.75 Å². The van der Waals surface area contributed by atoms with Crippen molar-refractivity contribution in [2.75, 3.05) is 0 Å². The van der Waals surface area contributed by atoms with Crippen LogP contribution in [0.5, 0.6) is 5.75 Å². The van der Waals surface area contributed by atoms with Crippen molar-refractivity contribution in [3.63, 3.8) is 0 Å². The number of halogens is 1. The zero-order valence-corrected chi connectivity index (χ0v) is 7.39. The smallest absolute Gasteiger partial charge is 0.117 e. The van der Waals surface area contributed by atoms with Gasteiger partial charge in [0.1, 0.15) is 5.75 Å². The Balaban J connectivity index is 3.08. The van der Waals surface area contributed by atoms with Crippen LogP contribution in [0.15, 0.2) is 18.2 Å². The minimum absolute atomic E-state index is 0.237. The molecule has 0 saturated heterocycles. The van der Waals surface area contributed by atoms with Crippen LogP contribution in [-0.2, 0) is 0 Å². The molecule has 0 heterocycles. The highest BCUT2D eigenvalue weighted by atomic mass is 35.5.